The molecule has 0 saturated heterocycles. The van der Waals surface area contributed by atoms with E-state index < -0.39 is 34.6 Å². The van der Waals surface area contributed by atoms with Gasteiger partial charge in [0.15, 0.2) is 5.96 Å². The molecule has 12 N–H and O–H groups in total. The van der Waals surface area contributed by atoms with E-state index in [1.54, 1.807) is 20.0 Å². The standard InChI is InChI=1S/C31H53B5N8O4/c1-18-13-21(45)14-19(2)22(18)15-24(43-25(46)23(38)9-6-11-42-28(39)40)26(47)44-29(32,16-30(33,34)31(35,36)17-37)27(48)41-12-10-20-7-4-3-5-8-20/h3-5,7-8,13-14,23-24,45H,6,9-12,15-17,32-38H2,1-2H3,(H,41,48)(H,43,46)(H,44,47)(H4,39,40,42)/t23-,24+,29+/m1/s1. The second-order valence-corrected chi connectivity index (χ2v) is 14.4. The molecule has 0 unspecified atom stereocenters. The lowest BCUT2D eigenvalue weighted by Gasteiger charge is -2.47. The highest BCUT2D eigenvalue weighted by atomic mass is 16.3. The number of benzene rings is 2. The van der Waals surface area contributed by atoms with Crippen molar-refractivity contribution >= 4 is 62.9 Å². The van der Waals surface area contributed by atoms with Crippen molar-refractivity contribution in [3.8, 4) is 5.75 Å². The molecule has 0 fully saturated rings. The first-order chi connectivity index (χ1) is 22.3. The lowest BCUT2D eigenvalue weighted by molar-refractivity contribution is -0.133. The van der Waals surface area contributed by atoms with Gasteiger partial charge >= 0.3 is 0 Å². The van der Waals surface area contributed by atoms with Gasteiger partial charge in [0, 0.05) is 19.5 Å². The summed E-state index contributed by atoms with van der Waals surface area (Å²) in [6, 6.07) is 11.0. The van der Waals surface area contributed by atoms with E-state index in [-0.39, 0.29) is 35.7 Å². The van der Waals surface area contributed by atoms with Gasteiger partial charge in [0.05, 0.1) is 42.9 Å². The van der Waals surface area contributed by atoms with E-state index in [0.29, 0.717) is 38.9 Å². The normalized spacial score (nSPS) is 14.2. The highest BCUT2D eigenvalue weighted by Crippen LogP contribution is 2.46. The minimum Gasteiger partial charge on any atom is -0.508 e. The Morgan fingerprint density at radius 1 is 0.938 bits per heavy atom. The fourth-order valence-corrected chi connectivity index (χ4v) is 5.76. The van der Waals surface area contributed by atoms with E-state index in [2.05, 4.69) is 21.3 Å². The molecule has 2 aromatic carbocycles. The number of hydrogen-bond donors (Lipinski definition) is 9. The zero-order valence-electron chi connectivity index (χ0n) is 29.8. The van der Waals surface area contributed by atoms with Crippen molar-refractivity contribution in [2.45, 2.75) is 73.9 Å². The Bertz CT molecular complexity index is 1410. The molecule has 0 heterocycles. The summed E-state index contributed by atoms with van der Waals surface area (Å²) in [5, 5.41) is 28.1. The summed E-state index contributed by atoms with van der Waals surface area (Å²) in [6.07, 6.45) is 1.77. The Kier molecular flexibility index (Phi) is 14.7. The van der Waals surface area contributed by atoms with Gasteiger partial charge in [0.1, 0.15) is 19.6 Å². The van der Waals surface area contributed by atoms with E-state index in [4.69, 9.17) is 22.6 Å². The third-order valence-corrected chi connectivity index (χ3v) is 9.65. The first-order valence-corrected chi connectivity index (χ1v) is 16.6. The number of nitrogens with two attached hydrogens (primary N) is 3. The molecule has 48 heavy (non-hydrogen) atoms. The first-order valence-electron chi connectivity index (χ1n) is 16.6. The van der Waals surface area contributed by atoms with Gasteiger partial charge in [0.2, 0.25) is 17.7 Å². The molecule has 2 aromatic rings. The maximum absolute atomic E-state index is 14.3. The second-order valence-electron chi connectivity index (χ2n) is 14.4. The van der Waals surface area contributed by atoms with Crippen molar-refractivity contribution in [3.05, 3.63) is 64.7 Å². The van der Waals surface area contributed by atoms with E-state index in [1.165, 1.54) is 0 Å². The summed E-state index contributed by atoms with van der Waals surface area (Å²) >= 11 is 0. The zero-order chi connectivity index (χ0) is 36.3. The summed E-state index contributed by atoms with van der Waals surface area (Å²) in [6.45, 7) is 4.77. The molecule has 0 aliphatic rings. The second kappa shape index (κ2) is 17.5. The van der Waals surface area contributed by atoms with Crippen LogP contribution in [0.1, 0.15) is 41.5 Å². The zero-order valence-corrected chi connectivity index (χ0v) is 29.8. The Labute approximate surface area is 289 Å². The highest BCUT2D eigenvalue weighted by Gasteiger charge is 2.46. The van der Waals surface area contributed by atoms with Crippen LogP contribution in [0.4, 0.5) is 0 Å². The Morgan fingerprint density at radius 3 is 2.10 bits per heavy atom. The summed E-state index contributed by atoms with van der Waals surface area (Å²) in [7, 11) is 9.85. The lowest BCUT2D eigenvalue weighted by atomic mass is 9.27. The monoisotopic (exact) mass is 656 g/mol. The van der Waals surface area contributed by atoms with E-state index in [0.717, 1.165) is 22.3 Å². The van der Waals surface area contributed by atoms with Crippen LogP contribution < -0.4 is 38.5 Å². The molecular formula is C31H53B5N8O4. The molecule has 0 bridgehead atoms. The third-order valence-electron chi connectivity index (χ3n) is 9.65. The van der Waals surface area contributed by atoms with Crippen molar-refractivity contribution in [1.29, 1.82) is 5.41 Å². The van der Waals surface area contributed by atoms with Crippen LogP contribution in [0, 0.1) is 19.3 Å². The van der Waals surface area contributed by atoms with Crippen molar-refractivity contribution in [2.24, 2.45) is 17.2 Å². The lowest BCUT2D eigenvalue weighted by Crippen LogP contribution is -2.65. The summed E-state index contributed by atoms with van der Waals surface area (Å²) < 4.78 is 0. The number of guanidine groups is 1. The van der Waals surface area contributed by atoms with Crippen LogP contribution in [0.3, 0.4) is 0 Å². The van der Waals surface area contributed by atoms with Crippen LogP contribution in [0.15, 0.2) is 42.5 Å². The Hall–Kier alpha value is -3.84. The van der Waals surface area contributed by atoms with Gasteiger partial charge < -0.3 is 43.6 Å². The van der Waals surface area contributed by atoms with Crippen molar-refractivity contribution in [3.63, 3.8) is 0 Å². The van der Waals surface area contributed by atoms with Gasteiger partial charge in [-0.3, -0.25) is 19.8 Å². The maximum Gasteiger partial charge on any atom is 0.243 e. The molecule has 0 aliphatic carbocycles. The number of carbonyl (C=O) groups excluding carboxylic acids is 3. The molecule has 0 aromatic heterocycles. The Morgan fingerprint density at radius 2 is 1.54 bits per heavy atom. The molecule has 256 valence electrons. The van der Waals surface area contributed by atoms with Gasteiger partial charge in [0.25, 0.3) is 0 Å². The maximum atomic E-state index is 14.3. The third kappa shape index (κ3) is 11.7. The summed E-state index contributed by atoms with van der Waals surface area (Å²) in [5.41, 5.74) is 19.7. The molecule has 3 amide bonds. The molecule has 0 aliphatic heterocycles. The van der Waals surface area contributed by atoms with Gasteiger partial charge in [-0.25, -0.2) is 0 Å². The predicted molar refractivity (Wildman–Crippen MR) is 206 cm³/mol. The number of phenols is 1. The average molecular weight is 656 g/mol. The number of carbonyl (C=O) groups is 3. The van der Waals surface area contributed by atoms with E-state index >= 15 is 0 Å². The van der Waals surface area contributed by atoms with Crippen molar-refractivity contribution < 1.29 is 19.5 Å². The van der Waals surface area contributed by atoms with Gasteiger partial charge in [-0.05, 0) is 80.5 Å². The minimum atomic E-state index is -1.37. The summed E-state index contributed by atoms with van der Waals surface area (Å²) in [5.74, 6) is -1.48. The first kappa shape index (κ1) is 40.3. The molecule has 0 saturated carbocycles. The predicted octanol–water partition coefficient (Wildman–Crippen LogP) is -4.45. The number of rotatable bonds is 18. The van der Waals surface area contributed by atoms with Crippen molar-refractivity contribution in [2.75, 3.05) is 19.6 Å². The van der Waals surface area contributed by atoms with Gasteiger partial charge in [-0.1, -0.05) is 40.8 Å². The molecule has 3 atom stereocenters. The molecule has 0 radical (unpaired) electrons. The van der Waals surface area contributed by atoms with Gasteiger partial charge in [-0.2, -0.15) is 0 Å². The van der Waals surface area contributed by atoms with E-state index in [9.17, 15) is 19.5 Å². The number of phenolic OH excluding ortho intramolecular Hbond substituents is 1. The fourth-order valence-electron chi connectivity index (χ4n) is 5.76. The highest BCUT2D eigenvalue weighted by molar-refractivity contribution is 6.54. The topological polar surface area (TPSA) is 221 Å². The average Bonchev–Trinajstić information content (AvgIpc) is 3.00. The smallest absolute Gasteiger partial charge is 0.243 e. The minimum absolute atomic E-state index is 0.101. The van der Waals surface area contributed by atoms with Crippen LogP contribution in [0.25, 0.3) is 0 Å². The van der Waals surface area contributed by atoms with Gasteiger partial charge in [-0.15, -0.1) is 0 Å². The largest absolute Gasteiger partial charge is 0.508 e. The SMILES string of the molecule is BC(B)(CN)C(B)(B)C[C@](B)(NC(=O)[C@H](Cc1c(C)cc(O)cc1C)NC(=O)[C@H](N)CCCNC(=N)N)C(=O)NCCc1ccccc1. The number of amides is 3. The number of hydrogen-bond acceptors (Lipinski definition) is 7. The van der Waals surface area contributed by atoms with E-state index in [1.807, 2.05) is 75.6 Å². The molecule has 17 heteroatoms. The van der Waals surface area contributed by atoms with Crippen LogP contribution >= 0.6 is 0 Å². The van der Waals surface area contributed by atoms with Crippen molar-refractivity contribution in [1.82, 2.24) is 21.3 Å². The fraction of sp³-hybridized carbons (Fsp3) is 0.484. The molecule has 2 rings (SSSR count). The number of nitrogens with one attached hydrogen (secondary N) is 5. The molecule has 12 nitrogen and oxygen atoms in total. The number of aromatic hydroxyl groups is 1. The molecule has 0 spiro atoms. The van der Waals surface area contributed by atoms with Crippen LogP contribution in [-0.4, -0.2) is 105 Å². The quantitative estimate of drug-likeness (QED) is 0.0329. The summed E-state index contributed by atoms with van der Waals surface area (Å²) in [4.78, 5) is 41.6. The number of aryl methyl sites for hydroxylation is 2. The van der Waals surface area contributed by atoms with Crippen LogP contribution in [0.5, 0.6) is 5.75 Å². The molecular weight excluding hydrogens is 602 g/mol. The van der Waals surface area contributed by atoms with Crippen LogP contribution in [-0.2, 0) is 27.2 Å². The Balaban J connectivity index is 2.42. The van der Waals surface area contributed by atoms with Crippen LogP contribution in [0.2, 0.25) is 10.4 Å².